The summed E-state index contributed by atoms with van der Waals surface area (Å²) in [5, 5.41) is 11.3. The average Bonchev–Trinajstić information content (AvgIpc) is 2.75. The number of rotatable bonds is 5. The Hall–Kier alpha value is -2.26. The minimum absolute atomic E-state index is 0.0826. The van der Waals surface area contributed by atoms with Gasteiger partial charge in [-0.3, -0.25) is 14.6 Å². The van der Waals surface area contributed by atoms with E-state index in [0.29, 0.717) is 23.7 Å². The number of carbonyl (C=O) groups is 1. The summed E-state index contributed by atoms with van der Waals surface area (Å²) in [6, 6.07) is 20.3. The summed E-state index contributed by atoms with van der Waals surface area (Å²) in [6.07, 6.45) is 2.40. The van der Waals surface area contributed by atoms with Gasteiger partial charge in [-0.1, -0.05) is 65.8 Å². The summed E-state index contributed by atoms with van der Waals surface area (Å²) in [6.45, 7) is 1.50. The predicted octanol–water partition coefficient (Wildman–Crippen LogP) is 4.99. The van der Waals surface area contributed by atoms with E-state index in [2.05, 4.69) is 35.2 Å². The van der Waals surface area contributed by atoms with E-state index < -0.39 is 0 Å². The van der Waals surface area contributed by atoms with Crippen molar-refractivity contribution >= 4 is 29.3 Å². The summed E-state index contributed by atoms with van der Waals surface area (Å²) in [7, 11) is 0. The maximum absolute atomic E-state index is 12.9. The first-order valence-corrected chi connectivity index (χ1v) is 11.1. The zero-order chi connectivity index (χ0) is 20.2. The molecule has 1 fully saturated rings. The quantitative estimate of drug-likeness (QED) is 0.679. The molecule has 2 aromatic carbocycles. The lowest BCUT2D eigenvalue weighted by molar-refractivity contribution is -0.131. The second-order valence-corrected chi connectivity index (χ2v) is 8.73. The van der Waals surface area contributed by atoms with Gasteiger partial charge in [0, 0.05) is 23.9 Å². The summed E-state index contributed by atoms with van der Waals surface area (Å²) >= 11 is 7.60. The van der Waals surface area contributed by atoms with Crippen LogP contribution in [0.25, 0.3) is 0 Å². The van der Waals surface area contributed by atoms with Crippen molar-refractivity contribution in [1.29, 1.82) is 5.26 Å². The maximum atomic E-state index is 12.9. The molecule has 0 radical (unpaired) electrons. The minimum atomic E-state index is -0.187. The Bertz CT molecular complexity index is 952. The number of carbonyl (C=O) groups excluding carboxylic acids is 1. The van der Waals surface area contributed by atoms with Gasteiger partial charge in [-0.25, -0.2) is 0 Å². The van der Waals surface area contributed by atoms with E-state index in [-0.39, 0.29) is 11.8 Å². The monoisotopic (exact) mass is 423 g/mol. The number of nitriles is 1. The van der Waals surface area contributed by atoms with Gasteiger partial charge in [-0.15, -0.1) is 0 Å². The van der Waals surface area contributed by atoms with Crippen LogP contribution in [0.3, 0.4) is 0 Å². The number of aryl methyl sites for hydroxylation is 1. The van der Waals surface area contributed by atoms with E-state index in [1.165, 1.54) is 5.56 Å². The van der Waals surface area contributed by atoms with Crippen molar-refractivity contribution in [3.05, 3.63) is 81.3 Å². The van der Waals surface area contributed by atoms with Gasteiger partial charge in [0.1, 0.15) is 0 Å². The van der Waals surface area contributed by atoms with Gasteiger partial charge in [0.2, 0.25) is 5.91 Å². The number of hydrogen-bond acceptors (Lipinski definition) is 4. The van der Waals surface area contributed by atoms with E-state index in [4.69, 9.17) is 11.6 Å². The third-order valence-corrected chi connectivity index (χ3v) is 6.86. The normalized spacial score (nSPS) is 19.8. The van der Waals surface area contributed by atoms with Crippen molar-refractivity contribution in [2.24, 2.45) is 0 Å². The molecule has 29 heavy (non-hydrogen) atoms. The van der Waals surface area contributed by atoms with E-state index in [9.17, 15) is 10.1 Å². The molecule has 1 atom stereocenters. The van der Waals surface area contributed by atoms with Gasteiger partial charge in [0.05, 0.1) is 29.2 Å². The van der Waals surface area contributed by atoms with Crippen LogP contribution in [0.15, 0.2) is 65.2 Å². The predicted molar refractivity (Wildman–Crippen MR) is 117 cm³/mol. The van der Waals surface area contributed by atoms with Crippen LogP contribution in [0.4, 0.5) is 0 Å². The Morgan fingerprint density at radius 1 is 1.14 bits per heavy atom. The highest BCUT2D eigenvalue weighted by molar-refractivity contribution is 8.03. The van der Waals surface area contributed by atoms with E-state index in [0.717, 1.165) is 35.9 Å². The molecule has 0 aliphatic carbocycles. The van der Waals surface area contributed by atoms with Crippen molar-refractivity contribution in [2.45, 2.75) is 25.2 Å². The molecule has 2 aliphatic heterocycles. The van der Waals surface area contributed by atoms with Gasteiger partial charge >= 0.3 is 0 Å². The van der Waals surface area contributed by atoms with Crippen LogP contribution in [0.1, 0.15) is 29.9 Å². The Morgan fingerprint density at radius 2 is 1.90 bits per heavy atom. The number of thioether (sulfide) groups is 1. The SMILES string of the molecule is N#CC1=C2SCN(CCCc3ccccc3)CN2C(=O)C[C@@H]1c1ccc(Cl)cc1. The molecule has 1 saturated heterocycles. The number of hydrogen-bond donors (Lipinski definition) is 0. The fourth-order valence-electron chi connectivity index (χ4n) is 3.88. The molecule has 4 nitrogen and oxygen atoms in total. The Morgan fingerprint density at radius 3 is 2.62 bits per heavy atom. The Labute approximate surface area is 180 Å². The second-order valence-electron chi connectivity index (χ2n) is 7.36. The summed E-state index contributed by atoms with van der Waals surface area (Å²) < 4.78 is 0. The fraction of sp³-hybridized carbons (Fsp3) is 0.304. The van der Waals surface area contributed by atoms with Crippen LogP contribution in [0.5, 0.6) is 0 Å². The van der Waals surface area contributed by atoms with Crippen LogP contribution in [0, 0.1) is 11.3 Å². The van der Waals surface area contributed by atoms with Crippen LogP contribution in [-0.2, 0) is 11.2 Å². The molecule has 0 bridgehead atoms. The van der Waals surface area contributed by atoms with Crippen molar-refractivity contribution in [3.8, 4) is 6.07 Å². The number of benzene rings is 2. The molecule has 0 aromatic heterocycles. The molecule has 4 rings (SSSR count). The third-order valence-electron chi connectivity index (χ3n) is 5.40. The molecular formula is C23H22ClN3OS. The number of amides is 1. The van der Waals surface area contributed by atoms with Crippen molar-refractivity contribution in [2.75, 3.05) is 19.1 Å². The molecule has 2 aromatic rings. The Balaban J connectivity index is 1.45. The molecule has 0 saturated carbocycles. The number of halogens is 1. The average molecular weight is 424 g/mol. The minimum Gasteiger partial charge on any atom is -0.292 e. The first-order valence-electron chi connectivity index (χ1n) is 9.75. The highest BCUT2D eigenvalue weighted by Crippen LogP contribution is 2.42. The first kappa shape index (κ1) is 20.0. The van der Waals surface area contributed by atoms with Crippen LogP contribution >= 0.6 is 23.4 Å². The number of nitrogens with zero attached hydrogens (tertiary/aromatic N) is 3. The van der Waals surface area contributed by atoms with Crippen LogP contribution in [0.2, 0.25) is 5.02 Å². The van der Waals surface area contributed by atoms with E-state index >= 15 is 0 Å². The molecule has 0 spiro atoms. The van der Waals surface area contributed by atoms with Gasteiger partial charge in [-0.05, 0) is 36.1 Å². The first-order chi connectivity index (χ1) is 14.2. The lowest BCUT2D eigenvalue weighted by Gasteiger charge is -2.41. The third kappa shape index (κ3) is 4.51. The lowest BCUT2D eigenvalue weighted by Crippen LogP contribution is -2.47. The van der Waals surface area contributed by atoms with Crippen molar-refractivity contribution in [3.63, 3.8) is 0 Å². The zero-order valence-electron chi connectivity index (χ0n) is 16.1. The molecule has 1 amide bonds. The number of fused-ring (bicyclic) bond motifs is 1. The molecular weight excluding hydrogens is 402 g/mol. The van der Waals surface area contributed by atoms with E-state index in [1.807, 2.05) is 30.3 Å². The van der Waals surface area contributed by atoms with Crippen molar-refractivity contribution in [1.82, 2.24) is 9.80 Å². The summed E-state index contributed by atoms with van der Waals surface area (Å²) in [5.74, 6) is 0.694. The fourth-order valence-corrected chi connectivity index (χ4v) is 5.18. The molecule has 6 heteroatoms. The summed E-state index contributed by atoms with van der Waals surface area (Å²) in [5.41, 5.74) is 3.00. The second kappa shape index (κ2) is 9.04. The highest BCUT2D eigenvalue weighted by atomic mass is 35.5. The Kier molecular flexibility index (Phi) is 6.25. The maximum Gasteiger partial charge on any atom is 0.229 e. The van der Waals surface area contributed by atoms with Gasteiger partial charge in [-0.2, -0.15) is 5.26 Å². The molecule has 148 valence electrons. The highest BCUT2D eigenvalue weighted by Gasteiger charge is 2.38. The molecule has 0 unspecified atom stereocenters. The van der Waals surface area contributed by atoms with Crippen LogP contribution in [-0.4, -0.2) is 34.8 Å². The van der Waals surface area contributed by atoms with Crippen LogP contribution < -0.4 is 0 Å². The largest absolute Gasteiger partial charge is 0.292 e. The molecule has 2 heterocycles. The number of allylic oxidation sites excluding steroid dienone is 1. The standard InChI is InChI=1S/C23H22ClN3OS/c24-19-10-8-18(9-11-19)20-13-22(28)27-15-26(16-29-23(27)21(20)14-25)12-4-7-17-5-2-1-3-6-17/h1-3,5-6,8-11,20H,4,7,12-13,15-16H2/t20-/m1/s1. The van der Waals surface area contributed by atoms with Gasteiger partial charge < -0.3 is 0 Å². The molecule has 2 aliphatic rings. The smallest absolute Gasteiger partial charge is 0.229 e. The zero-order valence-corrected chi connectivity index (χ0v) is 17.6. The van der Waals surface area contributed by atoms with Gasteiger partial charge in [0.15, 0.2) is 0 Å². The topological polar surface area (TPSA) is 47.3 Å². The lowest BCUT2D eigenvalue weighted by atomic mass is 9.86. The van der Waals surface area contributed by atoms with Gasteiger partial charge in [0.25, 0.3) is 0 Å². The van der Waals surface area contributed by atoms with Crippen molar-refractivity contribution < 1.29 is 4.79 Å². The molecule has 0 N–H and O–H groups in total. The van der Waals surface area contributed by atoms with E-state index in [1.54, 1.807) is 16.7 Å². The summed E-state index contributed by atoms with van der Waals surface area (Å²) in [4.78, 5) is 17.0.